The molecule has 0 aliphatic rings. The first-order valence-electron chi connectivity index (χ1n) is 8.71. The minimum Gasteiger partial charge on any atom is -0.384 e. The zero-order valence-corrected chi connectivity index (χ0v) is 18.0. The van der Waals surface area contributed by atoms with Crippen LogP contribution in [0.2, 0.25) is 0 Å². The molecule has 0 fully saturated rings. The molecule has 0 radical (unpaired) electrons. The van der Waals surface area contributed by atoms with Gasteiger partial charge < -0.3 is 28.5 Å². The van der Waals surface area contributed by atoms with Gasteiger partial charge in [0.05, 0.1) is 26.4 Å². The third-order valence-electron chi connectivity index (χ3n) is 3.15. The number of halogens is 3. The molecule has 0 saturated carbocycles. The quantitative estimate of drug-likeness (QED) is 0.380. The van der Waals surface area contributed by atoms with Crippen LogP contribution in [0.5, 0.6) is 0 Å². The van der Waals surface area contributed by atoms with E-state index in [4.69, 9.17) is 23.2 Å². The van der Waals surface area contributed by atoms with Gasteiger partial charge in [0.1, 0.15) is 6.10 Å². The van der Waals surface area contributed by atoms with E-state index >= 15 is 0 Å². The number of carbonyl (C=O) groups is 1. The van der Waals surface area contributed by atoms with Gasteiger partial charge in [-0.2, -0.15) is 13.2 Å². The van der Waals surface area contributed by atoms with E-state index in [1.165, 1.54) is 27.7 Å². The van der Waals surface area contributed by atoms with E-state index in [2.05, 4.69) is 5.32 Å². The highest BCUT2D eigenvalue weighted by atomic mass is 31.2. The maximum absolute atomic E-state index is 13.1. The molecular weight excluding hydrogens is 429 g/mol. The average Bonchev–Trinajstić information content (AvgIpc) is 2.57. The Bertz CT molecular complexity index is 525. The van der Waals surface area contributed by atoms with Crippen molar-refractivity contribution in [1.29, 1.82) is 0 Å². The van der Waals surface area contributed by atoms with Gasteiger partial charge in [-0.1, -0.05) is 0 Å². The van der Waals surface area contributed by atoms with Crippen LogP contribution in [0.15, 0.2) is 0 Å². The normalized spacial score (nSPS) is 14.3. The molecule has 14 heteroatoms. The molecule has 1 atom stereocenters. The molecule has 1 unspecified atom stereocenters. The molecule has 9 nitrogen and oxygen atoms in total. The lowest BCUT2D eigenvalue weighted by molar-refractivity contribution is -0.205. The lowest BCUT2D eigenvalue weighted by Gasteiger charge is -2.31. The number of nitrogens with one attached hydrogen (secondary N) is 1. The van der Waals surface area contributed by atoms with Crippen molar-refractivity contribution >= 4 is 21.1 Å². The van der Waals surface area contributed by atoms with Crippen molar-refractivity contribution < 1.29 is 50.3 Å². The smallest absolute Gasteiger partial charge is 0.384 e. The van der Waals surface area contributed by atoms with E-state index in [0.29, 0.717) is 0 Å². The van der Waals surface area contributed by atoms with Gasteiger partial charge in [0.25, 0.3) is 0 Å². The maximum atomic E-state index is 13.1. The number of carbonyl (C=O) groups excluding carboxylic acids is 1. The second-order valence-electron chi connectivity index (χ2n) is 5.29. The molecule has 0 spiro atoms. The van der Waals surface area contributed by atoms with E-state index in [1.54, 1.807) is 0 Å². The van der Waals surface area contributed by atoms with E-state index in [-0.39, 0.29) is 26.4 Å². The van der Waals surface area contributed by atoms with Gasteiger partial charge in [-0.25, -0.2) is 0 Å². The van der Waals surface area contributed by atoms with Crippen LogP contribution >= 0.6 is 15.2 Å². The summed E-state index contributed by atoms with van der Waals surface area (Å²) in [6.07, 6.45) is -9.33. The van der Waals surface area contributed by atoms with Crippen molar-refractivity contribution in [3.05, 3.63) is 0 Å². The molecule has 28 heavy (non-hydrogen) atoms. The average molecular weight is 457 g/mol. The first-order valence-corrected chi connectivity index (χ1v) is 11.9. The first kappa shape index (κ1) is 27.5. The van der Waals surface area contributed by atoms with Crippen molar-refractivity contribution in [2.75, 3.05) is 26.4 Å². The standard InChI is InChI=1S/C14H28F3NO8P2/c1-5-23-27(21,24-6-2)13(28(22,25-7-3)26-8-4)18-12(20)10-9-11(19)14(15,16)17/h11,13,19H,5-10H2,1-4H3,(H,18,20). The Labute approximate surface area is 162 Å². The highest BCUT2D eigenvalue weighted by Crippen LogP contribution is 2.69. The Morgan fingerprint density at radius 1 is 0.929 bits per heavy atom. The number of hydrogen-bond acceptors (Lipinski definition) is 8. The number of aliphatic hydroxyl groups is 1. The zero-order valence-electron chi connectivity index (χ0n) is 16.2. The van der Waals surface area contributed by atoms with Crippen molar-refractivity contribution in [3.63, 3.8) is 0 Å². The lowest BCUT2D eigenvalue weighted by Crippen LogP contribution is -2.38. The summed E-state index contributed by atoms with van der Waals surface area (Å²) in [6.45, 7) is 5.41. The van der Waals surface area contributed by atoms with Crippen LogP contribution in [0.3, 0.4) is 0 Å². The fraction of sp³-hybridized carbons (Fsp3) is 0.929. The fourth-order valence-electron chi connectivity index (χ4n) is 2.06. The van der Waals surface area contributed by atoms with E-state index in [9.17, 15) is 27.1 Å². The fourth-order valence-corrected chi connectivity index (χ4v) is 7.00. The number of aliphatic hydroxyl groups excluding tert-OH is 1. The van der Waals surface area contributed by atoms with Crippen LogP contribution in [-0.4, -0.2) is 55.2 Å². The highest BCUT2D eigenvalue weighted by Gasteiger charge is 2.52. The van der Waals surface area contributed by atoms with Crippen LogP contribution in [0, 0.1) is 0 Å². The summed E-state index contributed by atoms with van der Waals surface area (Å²) in [5, 5.41) is 11.1. The zero-order chi connectivity index (χ0) is 22.0. The number of alkyl halides is 3. The summed E-state index contributed by atoms with van der Waals surface area (Å²) in [6, 6.07) is 0. The molecule has 0 heterocycles. The Hall–Kier alpha value is -0.480. The second-order valence-corrected chi connectivity index (χ2v) is 9.92. The molecule has 0 saturated heterocycles. The third kappa shape index (κ3) is 8.49. The summed E-state index contributed by atoms with van der Waals surface area (Å²) < 4.78 is 83.9. The predicted octanol–water partition coefficient (Wildman–Crippen LogP) is 3.62. The van der Waals surface area contributed by atoms with Crippen molar-refractivity contribution in [1.82, 2.24) is 5.32 Å². The SMILES string of the molecule is CCOP(=O)(OCC)C(NC(=O)CCC(O)C(F)(F)F)P(=O)(OCC)OCC. The minimum atomic E-state index is -4.89. The van der Waals surface area contributed by atoms with Gasteiger partial charge >= 0.3 is 21.4 Å². The molecule has 1 amide bonds. The van der Waals surface area contributed by atoms with Crippen LogP contribution in [0.25, 0.3) is 0 Å². The van der Waals surface area contributed by atoms with Crippen LogP contribution in [0.4, 0.5) is 13.2 Å². The molecule has 0 aliphatic heterocycles. The van der Waals surface area contributed by atoms with Gasteiger partial charge in [0.15, 0.2) is 0 Å². The summed E-state index contributed by atoms with van der Waals surface area (Å²) in [4.78, 5) is 12.1. The Balaban J connectivity index is 5.69. The second kappa shape index (κ2) is 12.3. The molecule has 0 aliphatic carbocycles. The maximum Gasteiger partial charge on any atom is 0.414 e. The minimum absolute atomic E-state index is 0.130. The molecule has 0 aromatic rings. The number of rotatable bonds is 14. The first-order chi connectivity index (χ1) is 12.9. The van der Waals surface area contributed by atoms with Crippen LogP contribution in [0.1, 0.15) is 40.5 Å². The van der Waals surface area contributed by atoms with Crippen molar-refractivity contribution in [3.8, 4) is 0 Å². The highest BCUT2D eigenvalue weighted by molar-refractivity contribution is 7.72. The van der Waals surface area contributed by atoms with E-state index in [0.717, 1.165) is 0 Å². The van der Waals surface area contributed by atoms with Gasteiger partial charge in [-0.05, 0) is 34.1 Å². The lowest BCUT2D eigenvalue weighted by atomic mass is 10.2. The van der Waals surface area contributed by atoms with Gasteiger partial charge in [0.2, 0.25) is 11.4 Å². The monoisotopic (exact) mass is 457 g/mol. The Kier molecular flexibility index (Phi) is 12.1. The topological polar surface area (TPSA) is 120 Å². The Morgan fingerprint density at radius 3 is 1.57 bits per heavy atom. The summed E-state index contributed by atoms with van der Waals surface area (Å²) in [7, 11) is -8.55. The summed E-state index contributed by atoms with van der Waals surface area (Å²) in [5.41, 5.74) is -1.88. The molecule has 168 valence electrons. The molecule has 2 N–H and O–H groups in total. The van der Waals surface area contributed by atoms with Gasteiger partial charge in [-0.15, -0.1) is 0 Å². The van der Waals surface area contributed by atoms with E-state index < -0.39 is 51.7 Å². The van der Waals surface area contributed by atoms with Gasteiger partial charge in [0, 0.05) is 6.42 Å². The number of hydrogen-bond donors (Lipinski definition) is 2. The van der Waals surface area contributed by atoms with E-state index in [1.807, 2.05) is 0 Å². The molecular formula is C14H28F3NO8P2. The molecule has 0 aromatic heterocycles. The molecule has 0 aromatic carbocycles. The number of amides is 1. The van der Waals surface area contributed by atoms with Gasteiger partial charge in [-0.3, -0.25) is 13.9 Å². The van der Waals surface area contributed by atoms with Crippen LogP contribution < -0.4 is 5.32 Å². The predicted molar refractivity (Wildman–Crippen MR) is 94.9 cm³/mol. The summed E-state index contributed by atoms with van der Waals surface area (Å²) in [5.74, 6) is -1.06. The summed E-state index contributed by atoms with van der Waals surface area (Å²) >= 11 is 0. The van der Waals surface area contributed by atoms with Crippen molar-refractivity contribution in [2.24, 2.45) is 0 Å². The van der Waals surface area contributed by atoms with Crippen molar-refractivity contribution in [2.45, 2.75) is 58.3 Å². The Morgan fingerprint density at radius 2 is 1.29 bits per heavy atom. The molecule has 0 rings (SSSR count). The third-order valence-corrected chi connectivity index (χ3v) is 8.77. The van der Waals surface area contributed by atoms with Crippen LogP contribution in [-0.2, 0) is 32.0 Å². The molecule has 0 bridgehead atoms. The largest absolute Gasteiger partial charge is 0.414 e.